The Kier molecular flexibility index (Phi) is 3.90. The number of carbonyl (C=O) groups is 1. The molecule has 1 amide bonds. The fourth-order valence-corrected chi connectivity index (χ4v) is 3.34. The van der Waals surface area contributed by atoms with Gasteiger partial charge in [0, 0.05) is 37.1 Å². The molecule has 3 N–H and O–H groups in total. The zero-order valence-corrected chi connectivity index (χ0v) is 14.6. The lowest BCUT2D eigenvalue weighted by atomic mass is 9.98. The van der Waals surface area contributed by atoms with E-state index in [1.54, 1.807) is 22.7 Å². The third-order valence-electron chi connectivity index (χ3n) is 4.32. The zero-order chi connectivity index (χ0) is 18.4. The molecule has 26 heavy (non-hydrogen) atoms. The number of imidazole rings is 1. The Labute approximate surface area is 153 Å². The van der Waals surface area contributed by atoms with Crippen molar-refractivity contribution >= 4 is 28.7 Å². The number of nitrogens with one attached hydrogen (secondary N) is 1. The van der Waals surface area contributed by atoms with Crippen LogP contribution in [-0.4, -0.2) is 33.9 Å². The maximum atomic E-state index is 14.8. The number of primary amides is 1. The number of carbonyl (C=O) groups excluding carboxylic acids is 1. The highest BCUT2D eigenvalue weighted by Crippen LogP contribution is 2.36. The van der Waals surface area contributed by atoms with Crippen molar-refractivity contribution in [2.75, 3.05) is 13.6 Å². The number of nitrogens with zero attached hydrogens (tertiary/aromatic N) is 3. The van der Waals surface area contributed by atoms with Crippen LogP contribution in [0.4, 0.5) is 4.39 Å². The minimum atomic E-state index is -0.565. The molecule has 0 atom stereocenters. The predicted octanol–water partition coefficient (Wildman–Crippen LogP) is 2.68. The molecular formula is C18H15ClFN5O. The number of halogens is 2. The summed E-state index contributed by atoms with van der Waals surface area (Å²) in [7, 11) is 1.87. The van der Waals surface area contributed by atoms with Crippen LogP contribution in [0.1, 0.15) is 15.9 Å². The standard InChI is InChI=1S/C18H15ClFN5O/c1-24-9-11(8-22-24)12-3-2-4-13(20)15(12)16-17(19)25-6-5-10(18(21)26)7-14(25)23-16/h2-7,9,22H,8H2,1H3,(H2,21,26). The SMILES string of the molecule is CN1C=C(c2cccc(F)c2-c2nc3cc(C(N)=O)ccn3c2Cl)CN1. The van der Waals surface area contributed by atoms with E-state index >= 15 is 0 Å². The van der Waals surface area contributed by atoms with Crippen LogP contribution >= 0.6 is 11.6 Å². The highest BCUT2D eigenvalue weighted by molar-refractivity contribution is 6.32. The fraction of sp³-hybridized carbons (Fsp3) is 0.111. The average Bonchev–Trinajstić information content (AvgIpc) is 3.18. The van der Waals surface area contributed by atoms with Gasteiger partial charge in [0.05, 0.1) is 0 Å². The van der Waals surface area contributed by atoms with Crippen LogP contribution in [0.15, 0.2) is 42.7 Å². The lowest BCUT2D eigenvalue weighted by Crippen LogP contribution is -2.23. The highest BCUT2D eigenvalue weighted by Gasteiger charge is 2.23. The third-order valence-corrected chi connectivity index (χ3v) is 4.68. The number of aromatic nitrogens is 2. The number of rotatable bonds is 3. The molecule has 1 aromatic carbocycles. The van der Waals surface area contributed by atoms with Gasteiger partial charge in [-0.2, -0.15) is 0 Å². The molecule has 0 saturated heterocycles. The van der Waals surface area contributed by atoms with Crippen molar-refractivity contribution in [1.29, 1.82) is 0 Å². The number of fused-ring (bicyclic) bond motifs is 1. The minimum absolute atomic E-state index is 0.266. The van der Waals surface area contributed by atoms with E-state index in [2.05, 4.69) is 10.4 Å². The largest absolute Gasteiger partial charge is 0.366 e. The molecule has 3 aromatic rings. The number of pyridine rings is 1. The Hall–Kier alpha value is -2.90. The summed E-state index contributed by atoms with van der Waals surface area (Å²) in [5.74, 6) is -0.983. The molecule has 0 radical (unpaired) electrons. The first-order valence-electron chi connectivity index (χ1n) is 7.89. The van der Waals surface area contributed by atoms with E-state index in [9.17, 15) is 9.18 Å². The van der Waals surface area contributed by atoms with E-state index in [1.807, 2.05) is 24.3 Å². The van der Waals surface area contributed by atoms with Crippen LogP contribution in [0.25, 0.3) is 22.5 Å². The highest BCUT2D eigenvalue weighted by atomic mass is 35.5. The zero-order valence-electron chi connectivity index (χ0n) is 13.8. The van der Waals surface area contributed by atoms with Crippen LogP contribution in [0.2, 0.25) is 5.15 Å². The number of nitrogens with two attached hydrogens (primary N) is 1. The lowest BCUT2D eigenvalue weighted by Gasteiger charge is -2.09. The van der Waals surface area contributed by atoms with Gasteiger partial charge in [-0.3, -0.25) is 9.20 Å². The molecule has 0 aliphatic carbocycles. The smallest absolute Gasteiger partial charge is 0.248 e. The summed E-state index contributed by atoms with van der Waals surface area (Å²) in [6.07, 6.45) is 3.49. The Morgan fingerprint density at radius 2 is 2.19 bits per heavy atom. The number of amides is 1. The van der Waals surface area contributed by atoms with E-state index in [1.165, 1.54) is 12.1 Å². The van der Waals surface area contributed by atoms with E-state index in [4.69, 9.17) is 17.3 Å². The first kappa shape index (κ1) is 16.6. The summed E-state index contributed by atoms with van der Waals surface area (Å²) in [5.41, 5.74) is 11.5. The minimum Gasteiger partial charge on any atom is -0.366 e. The van der Waals surface area contributed by atoms with Gasteiger partial charge in [-0.1, -0.05) is 23.7 Å². The lowest BCUT2D eigenvalue weighted by molar-refractivity contribution is 0.100. The van der Waals surface area contributed by atoms with Gasteiger partial charge in [-0.05, 0) is 29.3 Å². The van der Waals surface area contributed by atoms with E-state index in [0.717, 1.165) is 5.57 Å². The second-order valence-corrected chi connectivity index (χ2v) is 6.38. The maximum Gasteiger partial charge on any atom is 0.248 e. The molecule has 132 valence electrons. The Bertz CT molecular complexity index is 1070. The van der Waals surface area contributed by atoms with Gasteiger partial charge >= 0.3 is 0 Å². The van der Waals surface area contributed by atoms with Gasteiger partial charge in [0.15, 0.2) is 0 Å². The molecule has 3 heterocycles. The van der Waals surface area contributed by atoms with E-state index in [0.29, 0.717) is 34.6 Å². The number of hydrogen-bond acceptors (Lipinski definition) is 4. The van der Waals surface area contributed by atoms with Crippen LogP contribution in [0.5, 0.6) is 0 Å². The summed E-state index contributed by atoms with van der Waals surface area (Å²) < 4.78 is 16.3. The van der Waals surface area contributed by atoms with Gasteiger partial charge < -0.3 is 10.7 Å². The molecule has 0 fully saturated rings. The summed E-state index contributed by atoms with van der Waals surface area (Å²) in [6, 6.07) is 7.94. The first-order chi connectivity index (χ1) is 12.5. The van der Waals surface area contributed by atoms with Gasteiger partial charge in [0.25, 0.3) is 0 Å². The number of hydrogen-bond donors (Lipinski definition) is 2. The molecular weight excluding hydrogens is 357 g/mol. The van der Waals surface area contributed by atoms with Crippen molar-refractivity contribution < 1.29 is 9.18 Å². The van der Waals surface area contributed by atoms with Crippen LogP contribution in [-0.2, 0) is 0 Å². The van der Waals surface area contributed by atoms with E-state index in [-0.39, 0.29) is 5.15 Å². The maximum absolute atomic E-state index is 14.8. The molecule has 6 nitrogen and oxygen atoms in total. The fourth-order valence-electron chi connectivity index (χ4n) is 3.06. The molecule has 8 heteroatoms. The molecule has 1 aliphatic rings. The van der Waals surface area contributed by atoms with Crippen molar-refractivity contribution in [3.63, 3.8) is 0 Å². The van der Waals surface area contributed by atoms with Crippen molar-refractivity contribution in [1.82, 2.24) is 19.8 Å². The summed E-state index contributed by atoms with van der Waals surface area (Å²) in [6.45, 7) is 0.573. The Morgan fingerprint density at radius 1 is 1.38 bits per heavy atom. The van der Waals surface area contributed by atoms with E-state index < -0.39 is 11.7 Å². The topological polar surface area (TPSA) is 75.7 Å². The first-order valence-corrected chi connectivity index (χ1v) is 8.27. The normalized spacial score (nSPS) is 14.1. The molecule has 0 saturated carbocycles. The van der Waals surface area contributed by atoms with Crippen molar-refractivity contribution in [3.05, 3.63) is 64.8 Å². The number of hydrazine groups is 1. The Balaban J connectivity index is 1.95. The van der Waals surface area contributed by atoms with Crippen molar-refractivity contribution in [2.24, 2.45) is 5.73 Å². The van der Waals surface area contributed by atoms with Gasteiger partial charge in [0.1, 0.15) is 22.3 Å². The van der Waals surface area contributed by atoms with Gasteiger partial charge in [0.2, 0.25) is 5.91 Å². The predicted molar refractivity (Wildman–Crippen MR) is 97.9 cm³/mol. The molecule has 4 rings (SSSR count). The molecule has 0 spiro atoms. The van der Waals surface area contributed by atoms with Gasteiger partial charge in [-0.25, -0.2) is 14.8 Å². The van der Waals surface area contributed by atoms with Crippen LogP contribution in [0, 0.1) is 5.82 Å². The molecule has 1 aliphatic heterocycles. The quantitative estimate of drug-likeness (QED) is 0.742. The van der Waals surface area contributed by atoms with Crippen molar-refractivity contribution in [2.45, 2.75) is 0 Å². The Morgan fingerprint density at radius 3 is 2.88 bits per heavy atom. The average molecular weight is 372 g/mol. The summed E-state index contributed by atoms with van der Waals surface area (Å²) >= 11 is 6.48. The van der Waals surface area contributed by atoms with Gasteiger partial charge in [-0.15, -0.1) is 0 Å². The number of benzene rings is 1. The summed E-state index contributed by atoms with van der Waals surface area (Å²) in [5, 5.41) is 2.08. The molecule has 0 bridgehead atoms. The van der Waals surface area contributed by atoms with Crippen LogP contribution < -0.4 is 11.2 Å². The summed E-state index contributed by atoms with van der Waals surface area (Å²) in [4.78, 5) is 15.9. The van der Waals surface area contributed by atoms with Crippen LogP contribution in [0.3, 0.4) is 0 Å². The van der Waals surface area contributed by atoms with Crippen molar-refractivity contribution in [3.8, 4) is 11.3 Å². The molecule has 2 aromatic heterocycles. The molecule has 0 unspecified atom stereocenters. The monoisotopic (exact) mass is 371 g/mol. The second kappa shape index (κ2) is 6.12. The third kappa shape index (κ3) is 2.61. The second-order valence-electron chi connectivity index (χ2n) is 6.02.